The van der Waals surface area contributed by atoms with Crippen molar-refractivity contribution in [2.24, 2.45) is 5.41 Å². The van der Waals surface area contributed by atoms with Gasteiger partial charge in [0.1, 0.15) is 0 Å². The van der Waals surface area contributed by atoms with Crippen molar-refractivity contribution in [2.45, 2.75) is 27.7 Å². The quantitative estimate of drug-likeness (QED) is 0.841. The molecule has 18 heavy (non-hydrogen) atoms. The van der Waals surface area contributed by atoms with E-state index in [0.717, 1.165) is 5.56 Å². The lowest BCUT2D eigenvalue weighted by Crippen LogP contribution is -2.26. The first-order chi connectivity index (χ1) is 8.00. The number of sulfonamides is 1. The van der Waals surface area contributed by atoms with Gasteiger partial charge in [0.15, 0.2) is 0 Å². The van der Waals surface area contributed by atoms with Crippen molar-refractivity contribution in [2.75, 3.05) is 16.2 Å². The molecule has 6 heteroatoms. The van der Waals surface area contributed by atoms with Crippen molar-refractivity contribution in [3.8, 4) is 0 Å². The third-order valence-corrected chi connectivity index (χ3v) is 4.34. The lowest BCUT2D eigenvalue weighted by molar-refractivity contribution is 0.463. The minimum atomic E-state index is -3.39. The minimum absolute atomic E-state index is 0.0431. The van der Waals surface area contributed by atoms with Crippen molar-refractivity contribution in [1.82, 2.24) is 0 Å². The van der Waals surface area contributed by atoms with E-state index in [2.05, 4.69) is 4.72 Å². The maximum Gasteiger partial charge on any atom is 0.233 e. The van der Waals surface area contributed by atoms with Crippen LogP contribution in [-0.2, 0) is 10.0 Å². The number of benzene rings is 1. The zero-order valence-electron chi connectivity index (χ0n) is 11.0. The standard InChI is InChI=1S/C12H19ClN2O2S/c1-8-5-10(14)9(13)6-11(8)15-18(16,17)7-12(2,3)4/h5-6,15H,7,14H2,1-4H3. The Morgan fingerprint density at radius 2 is 1.89 bits per heavy atom. The molecule has 0 heterocycles. The van der Waals surface area contributed by atoms with Crippen LogP contribution in [0.4, 0.5) is 11.4 Å². The van der Waals surface area contributed by atoms with Gasteiger partial charge in [-0.2, -0.15) is 0 Å². The summed E-state index contributed by atoms with van der Waals surface area (Å²) in [4.78, 5) is 0. The van der Waals surface area contributed by atoms with E-state index in [1.807, 2.05) is 20.8 Å². The fourth-order valence-electron chi connectivity index (χ4n) is 1.59. The first kappa shape index (κ1) is 15.1. The molecular weight excluding hydrogens is 272 g/mol. The van der Waals surface area contributed by atoms with E-state index in [1.165, 1.54) is 6.07 Å². The van der Waals surface area contributed by atoms with Crippen LogP contribution in [0.3, 0.4) is 0 Å². The van der Waals surface area contributed by atoms with Crippen LogP contribution in [0.25, 0.3) is 0 Å². The summed E-state index contributed by atoms with van der Waals surface area (Å²) in [6.07, 6.45) is 0. The predicted octanol–water partition coefficient (Wildman–Crippen LogP) is 3.02. The summed E-state index contributed by atoms with van der Waals surface area (Å²) in [6.45, 7) is 7.39. The lowest BCUT2D eigenvalue weighted by Gasteiger charge is -2.19. The molecule has 0 bridgehead atoms. The van der Waals surface area contributed by atoms with Gasteiger partial charge in [0.2, 0.25) is 10.0 Å². The summed E-state index contributed by atoms with van der Waals surface area (Å²) < 4.78 is 26.5. The molecule has 0 fully saturated rings. The van der Waals surface area contributed by atoms with E-state index in [4.69, 9.17) is 17.3 Å². The molecule has 0 spiro atoms. The molecule has 0 radical (unpaired) electrons. The number of rotatable bonds is 3. The average Bonchev–Trinajstić information content (AvgIpc) is 2.09. The van der Waals surface area contributed by atoms with Crippen LogP contribution in [0.1, 0.15) is 26.3 Å². The van der Waals surface area contributed by atoms with Gasteiger partial charge in [-0.15, -0.1) is 0 Å². The van der Waals surface area contributed by atoms with Gasteiger partial charge in [-0.3, -0.25) is 4.72 Å². The minimum Gasteiger partial charge on any atom is -0.398 e. The Balaban J connectivity index is 3.02. The molecule has 0 aliphatic heterocycles. The fraction of sp³-hybridized carbons (Fsp3) is 0.500. The molecule has 0 saturated carbocycles. The summed E-state index contributed by atoms with van der Waals surface area (Å²) in [5, 5.41) is 0.342. The Kier molecular flexibility index (Phi) is 4.18. The lowest BCUT2D eigenvalue weighted by atomic mass is 10.0. The normalized spacial score (nSPS) is 12.5. The van der Waals surface area contributed by atoms with Crippen LogP contribution < -0.4 is 10.5 Å². The van der Waals surface area contributed by atoms with Crippen molar-refractivity contribution >= 4 is 33.0 Å². The van der Waals surface area contributed by atoms with Crippen molar-refractivity contribution < 1.29 is 8.42 Å². The van der Waals surface area contributed by atoms with E-state index in [0.29, 0.717) is 16.4 Å². The molecule has 0 unspecified atom stereocenters. The number of aryl methyl sites for hydroxylation is 1. The van der Waals surface area contributed by atoms with Gasteiger partial charge in [-0.1, -0.05) is 32.4 Å². The number of halogens is 1. The van der Waals surface area contributed by atoms with E-state index >= 15 is 0 Å². The first-order valence-corrected chi connectivity index (χ1v) is 7.59. The van der Waals surface area contributed by atoms with E-state index in [-0.39, 0.29) is 11.2 Å². The van der Waals surface area contributed by atoms with Crippen LogP contribution in [0, 0.1) is 12.3 Å². The number of nitrogens with two attached hydrogens (primary N) is 1. The van der Waals surface area contributed by atoms with Gasteiger partial charge in [-0.25, -0.2) is 8.42 Å². The van der Waals surface area contributed by atoms with Crippen LogP contribution in [0.2, 0.25) is 5.02 Å². The highest BCUT2D eigenvalue weighted by Crippen LogP contribution is 2.28. The average molecular weight is 291 g/mol. The molecule has 3 N–H and O–H groups in total. The topological polar surface area (TPSA) is 72.2 Å². The van der Waals surface area contributed by atoms with Crippen molar-refractivity contribution in [3.63, 3.8) is 0 Å². The van der Waals surface area contributed by atoms with Crippen LogP contribution in [-0.4, -0.2) is 14.2 Å². The maximum atomic E-state index is 12.0. The molecule has 0 atom stereocenters. The molecule has 1 rings (SSSR count). The summed E-state index contributed by atoms with van der Waals surface area (Å²) >= 11 is 5.89. The molecular formula is C12H19ClN2O2S. The Morgan fingerprint density at radius 1 is 1.33 bits per heavy atom. The first-order valence-electron chi connectivity index (χ1n) is 5.56. The molecule has 0 aliphatic rings. The monoisotopic (exact) mass is 290 g/mol. The number of hydrogen-bond donors (Lipinski definition) is 2. The predicted molar refractivity (Wildman–Crippen MR) is 77.5 cm³/mol. The molecule has 1 aromatic rings. The summed E-state index contributed by atoms with van der Waals surface area (Å²) in [6, 6.07) is 3.18. The molecule has 0 aromatic heterocycles. The molecule has 4 nitrogen and oxygen atoms in total. The highest BCUT2D eigenvalue weighted by molar-refractivity contribution is 7.92. The number of hydrogen-bond acceptors (Lipinski definition) is 3. The zero-order valence-corrected chi connectivity index (χ0v) is 12.6. The SMILES string of the molecule is Cc1cc(N)c(Cl)cc1NS(=O)(=O)CC(C)(C)C. The Labute approximate surface area is 114 Å². The van der Waals surface area contributed by atoms with E-state index in [1.54, 1.807) is 13.0 Å². The highest BCUT2D eigenvalue weighted by Gasteiger charge is 2.22. The fourth-order valence-corrected chi connectivity index (χ4v) is 3.52. The van der Waals surface area contributed by atoms with Crippen LogP contribution in [0.5, 0.6) is 0 Å². The highest BCUT2D eigenvalue weighted by atomic mass is 35.5. The van der Waals surface area contributed by atoms with Gasteiger partial charge in [0, 0.05) is 0 Å². The van der Waals surface area contributed by atoms with Gasteiger partial charge in [-0.05, 0) is 30.0 Å². The number of nitrogens with one attached hydrogen (secondary N) is 1. The number of nitrogen functional groups attached to an aromatic ring is 1. The molecule has 102 valence electrons. The third kappa shape index (κ3) is 4.38. The second-order valence-corrected chi connectivity index (χ2v) is 7.74. The Hall–Kier alpha value is -0.940. The molecule has 0 saturated heterocycles. The number of anilines is 2. The Morgan fingerprint density at radius 3 is 2.39 bits per heavy atom. The van der Waals surface area contributed by atoms with Gasteiger partial charge >= 0.3 is 0 Å². The second kappa shape index (κ2) is 4.97. The smallest absolute Gasteiger partial charge is 0.233 e. The van der Waals surface area contributed by atoms with E-state index in [9.17, 15) is 8.42 Å². The third-order valence-electron chi connectivity index (χ3n) is 2.23. The van der Waals surface area contributed by atoms with Crippen LogP contribution >= 0.6 is 11.6 Å². The van der Waals surface area contributed by atoms with Gasteiger partial charge in [0.25, 0.3) is 0 Å². The summed E-state index contributed by atoms with van der Waals surface area (Å²) in [5.41, 5.74) is 6.99. The molecule has 0 amide bonds. The van der Waals surface area contributed by atoms with E-state index < -0.39 is 10.0 Å². The van der Waals surface area contributed by atoms with Crippen LogP contribution in [0.15, 0.2) is 12.1 Å². The van der Waals surface area contributed by atoms with Gasteiger partial charge < -0.3 is 5.73 Å². The summed E-state index contributed by atoms with van der Waals surface area (Å²) in [5.74, 6) is 0.0431. The zero-order chi connectivity index (χ0) is 14.1. The molecule has 0 aliphatic carbocycles. The largest absolute Gasteiger partial charge is 0.398 e. The molecule has 1 aromatic carbocycles. The van der Waals surface area contributed by atoms with Crippen molar-refractivity contribution in [1.29, 1.82) is 0 Å². The Bertz CT molecular complexity index is 548. The second-order valence-electron chi connectivity index (χ2n) is 5.61. The van der Waals surface area contributed by atoms with Crippen molar-refractivity contribution in [3.05, 3.63) is 22.7 Å². The summed E-state index contributed by atoms with van der Waals surface area (Å²) in [7, 11) is -3.39. The van der Waals surface area contributed by atoms with Gasteiger partial charge in [0.05, 0.1) is 22.2 Å². The maximum absolute atomic E-state index is 12.0.